The predicted molar refractivity (Wildman–Crippen MR) is 71.5 cm³/mol. The Balaban J connectivity index is 1.91. The van der Waals surface area contributed by atoms with E-state index < -0.39 is 0 Å². The third-order valence-electron chi connectivity index (χ3n) is 3.40. The monoisotopic (exact) mass is 234 g/mol. The molecule has 1 saturated carbocycles. The van der Waals surface area contributed by atoms with Gasteiger partial charge in [-0.25, -0.2) is 0 Å². The van der Waals surface area contributed by atoms with Crippen LogP contribution in [0.15, 0.2) is 36.4 Å². The Morgan fingerprint density at radius 1 is 1.12 bits per heavy atom. The van der Waals surface area contributed by atoms with E-state index in [1.54, 1.807) is 0 Å². The molecule has 0 heterocycles. The molecule has 0 amide bonds. The van der Waals surface area contributed by atoms with Gasteiger partial charge in [0.1, 0.15) is 0 Å². The highest BCUT2D eigenvalue weighted by molar-refractivity contribution is 6.48. The zero-order valence-corrected chi connectivity index (χ0v) is 10.4. The first kappa shape index (κ1) is 11.7. The lowest BCUT2D eigenvalue weighted by Crippen LogP contribution is -2.04. The highest BCUT2D eigenvalue weighted by Gasteiger charge is 2.12. The number of hydrogen-bond acceptors (Lipinski definition) is 0. The van der Waals surface area contributed by atoms with E-state index >= 15 is 0 Å². The van der Waals surface area contributed by atoms with Gasteiger partial charge in [-0.05, 0) is 17.9 Å². The van der Waals surface area contributed by atoms with E-state index in [2.05, 4.69) is 18.2 Å². The zero-order valence-electron chi connectivity index (χ0n) is 9.66. The van der Waals surface area contributed by atoms with E-state index in [0.29, 0.717) is 0 Å². The van der Waals surface area contributed by atoms with Gasteiger partial charge in [0.15, 0.2) is 0 Å². The molecule has 0 N–H and O–H groups in total. The van der Waals surface area contributed by atoms with E-state index in [4.69, 9.17) is 11.6 Å². The molecule has 0 radical (unpaired) electrons. The maximum atomic E-state index is 6.29. The topological polar surface area (TPSA) is 0 Å². The molecular formula is C15H19Cl. The summed E-state index contributed by atoms with van der Waals surface area (Å²) in [5, 5.41) is 0.908. The number of hydrogen-bond donors (Lipinski definition) is 0. The molecule has 0 spiro atoms. The Labute approximate surface area is 103 Å². The van der Waals surface area contributed by atoms with E-state index in [-0.39, 0.29) is 0 Å². The maximum Gasteiger partial charge on any atom is 0.0438 e. The van der Waals surface area contributed by atoms with Crippen LogP contribution < -0.4 is 0 Å². The van der Waals surface area contributed by atoms with E-state index in [1.807, 2.05) is 18.2 Å². The molecule has 1 aromatic rings. The Morgan fingerprint density at radius 2 is 1.81 bits per heavy atom. The van der Waals surface area contributed by atoms with Gasteiger partial charge in [-0.15, -0.1) is 0 Å². The molecule has 0 atom stereocenters. The summed E-state index contributed by atoms with van der Waals surface area (Å²) in [6.07, 6.45) is 10.3. The summed E-state index contributed by atoms with van der Waals surface area (Å²) in [7, 11) is 0. The van der Waals surface area contributed by atoms with Crippen LogP contribution in [-0.4, -0.2) is 0 Å². The molecule has 2 rings (SSSR count). The summed E-state index contributed by atoms with van der Waals surface area (Å²) in [5.41, 5.74) is 1.14. The normalized spacial score (nSPS) is 18.7. The van der Waals surface area contributed by atoms with E-state index in [9.17, 15) is 0 Å². The summed E-state index contributed by atoms with van der Waals surface area (Å²) in [4.78, 5) is 0. The van der Waals surface area contributed by atoms with Crippen molar-refractivity contribution in [2.24, 2.45) is 5.92 Å². The number of allylic oxidation sites excluding steroid dienone is 1. The van der Waals surface area contributed by atoms with Crippen molar-refractivity contribution in [3.05, 3.63) is 42.0 Å². The van der Waals surface area contributed by atoms with Gasteiger partial charge in [-0.3, -0.25) is 0 Å². The fraction of sp³-hybridized carbons (Fsp3) is 0.467. The van der Waals surface area contributed by atoms with Crippen LogP contribution in [0, 0.1) is 5.92 Å². The van der Waals surface area contributed by atoms with Crippen molar-refractivity contribution in [2.45, 2.75) is 38.5 Å². The van der Waals surface area contributed by atoms with Gasteiger partial charge in [0.05, 0.1) is 0 Å². The standard InChI is InChI=1S/C15H19Cl/c16-15(14-9-5-2-6-10-14)12-11-13-7-3-1-4-8-13/h2,5-6,9-10,12-13H,1,3-4,7-8,11H2/b15-12+. The highest BCUT2D eigenvalue weighted by Crippen LogP contribution is 2.28. The summed E-state index contributed by atoms with van der Waals surface area (Å²) < 4.78 is 0. The molecule has 1 heteroatoms. The van der Waals surface area contributed by atoms with Crippen LogP contribution in [0.1, 0.15) is 44.1 Å². The van der Waals surface area contributed by atoms with Crippen LogP contribution in [0.4, 0.5) is 0 Å². The van der Waals surface area contributed by atoms with Crippen molar-refractivity contribution in [1.29, 1.82) is 0 Å². The maximum absolute atomic E-state index is 6.29. The molecule has 1 aliphatic rings. The lowest BCUT2D eigenvalue weighted by Gasteiger charge is -2.19. The number of halogens is 1. The minimum absolute atomic E-state index is 0.867. The molecule has 1 aliphatic carbocycles. The van der Waals surface area contributed by atoms with E-state index in [1.165, 1.54) is 32.1 Å². The Morgan fingerprint density at radius 3 is 2.50 bits per heavy atom. The molecule has 0 aliphatic heterocycles. The molecule has 0 saturated heterocycles. The van der Waals surface area contributed by atoms with Gasteiger partial charge in [0.2, 0.25) is 0 Å². The third kappa shape index (κ3) is 3.38. The SMILES string of the molecule is Cl/C(=C/CC1CCCCC1)c1ccccc1. The van der Waals surface area contributed by atoms with Gasteiger partial charge in [0.25, 0.3) is 0 Å². The minimum Gasteiger partial charge on any atom is -0.0840 e. The molecule has 86 valence electrons. The van der Waals surface area contributed by atoms with Crippen molar-refractivity contribution in [2.75, 3.05) is 0 Å². The second kappa shape index (κ2) is 6.10. The average Bonchev–Trinajstić information content (AvgIpc) is 2.38. The molecule has 0 unspecified atom stereocenters. The summed E-state index contributed by atoms with van der Waals surface area (Å²) in [5.74, 6) is 0.867. The zero-order chi connectivity index (χ0) is 11.2. The largest absolute Gasteiger partial charge is 0.0840 e. The van der Waals surface area contributed by atoms with Gasteiger partial charge in [-0.2, -0.15) is 0 Å². The lowest BCUT2D eigenvalue weighted by atomic mass is 9.87. The van der Waals surface area contributed by atoms with Crippen LogP contribution in [0.3, 0.4) is 0 Å². The number of benzene rings is 1. The molecule has 0 nitrogen and oxygen atoms in total. The molecule has 16 heavy (non-hydrogen) atoms. The smallest absolute Gasteiger partial charge is 0.0438 e. The van der Waals surface area contributed by atoms with Crippen molar-refractivity contribution >= 4 is 16.6 Å². The highest BCUT2D eigenvalue weighted by atomic mass is 35.5. The van der Waals surface area contributed by atoms with Crippen molar-refractivity contribution in [3.8, 4) is 0 Å². The first-order chi connectivity index (χ1) is 7.86. The van der Waals surface area contributed by atoms with Crippen LogP contribution in [0.2, 0.25) is 0 Å². The van der Waals surface area contributed by atoms with Crippen LogP contribution in [-0.2, 0) is 0 Å². The van der Waals surface area contributed by atoms with Gasteiger partial charge >= 0.3 is 0 Å². The Kier molecular flexibility index (Phi) is 4.47. The Hall–Kier alpha value is -0.750. The summed E-state index contributed by atoms with van der Waals surface area (Å²) in [6, 6.07) is 10.2. The number of rotatable bonds is 3. The summed E-state index contributed by atoms with van der Waals surface area (Å²) >= 11 is 6.29. The third-order valence-corrected chi connectivity index (χ3v) is 3.78. The van der Waals surface area contributed by atoms with Crippen molar-refractivity contribution in [1.82, 2.24) is 0 Å². The van der Waals surface area contributed by atoms with Crippen molar-refractivity contribution < 1.29 is 0 Å². The molecule has 0 bridgehead atoms. The molecular weight excluding hydrogens is 216 g/mol. The molecule has 1 fully saturated rings. The van der Waals surface area contributed by atoms with Gasteiger partial charge < -0.3 is 0 Å². The first-order valence-electron chi connectivity index (χ1n) is 6.27. The van der Waals surface area contributed by atoms with Crippen LogP contribution >= 0.6 is 11.6 Å². The minimum atomic E-state index is 0.867. The second-order valence-electron chi connectivity index (χ2n) is 4.66. The van der Waals surface area contributed by atoms with Crippen molar-refractivity contribution in [3.63, 3.8) is 0 Å². The van der Waals surface area contributed by atoms with Crippen LogP contribution in [0.5, 0.6) is 0 Å². The molecule has 0 aromatic heterocycles. The predicted octanol–water partition coefficient (Wildman–Crippen LogP) is 5.24. The second-order valence-corrected chi connectivity index (χ2v) is 5.07. The quantitative estimate of drug-likeness (QED) is 0.671. The van der Waals surface area contributed by atoms with Gasteiger partial charge in [0, 0.05) is 5.03 Å². The van der Waals surface area contributed by atoms with Gasteiger partial charge in [-0.1, -0.05) is 80.1 Å². The first-order valence-corrected chi connectivity index (χ1v) is 6.65. The van der Waals surface area contributed by atoms with E-state index in [0.717, 1.165) is 22.9 Å². The lowest BCUT2D eigenvalue weighted by molar-refractivity contribution is 0.361. The molecule has 1 aromatic carbocycles. The fourth-order valence-electron chi connectivity index (χ4n) is 2.41. The fourth-order valence-corrected chi connectivity index (χ4v) is 2.62. The van der Waals surface area contributed by atoms with Crippen LogP contribution in [0.25, 0.3) is 5.03 Å². The Bertz CT molecular complexity index is 334. The summed E-state index contributed by atoms with van der Waals surface area (Å²) in [6.45, 7) is 0. The average molecular weight is 235 g/mol.